The van der Waals surface area contributed by atoms with Gasteiger partial charge < -0.3 is 12.7 Å². The molecule has 1 aromatic heterocycles. The summed E-state index contributed by atoms with van der Waals surface area (Å²) in [5.74, 6) is 0. The van der Waals surface area contributed by atoms with Gasteiger partial charge in [0.05, 0.1) is 0 Å². The van der Waals surface area contributed by atoms with Crippen LogP contribution in [0.4, 0.5) is 0 Å². The van der Waals surface area contributed by atoms with E-state index in [0.29, 0.717) is 0 Å². The van der Waals surface area contributed by atoms with Gasteiger partial charge in [-0.3, -0.25) is 0 Å². The molecule has 0 spiro atoms. The molecule has 1 radical (unpaired) electrons. The summed E-state index contributed by atoms with van der Waals surface area (Å²) >= 11 is 1.89. The molecule has 1 aliphatic heterocycles. The maximum Gasteiger partial charge on any atom is 0.0216 e. The fourth-order valence-corrected chi connectivity index (χ4v) is 2.08. The van der Waals surface area contributed by atoms with Crippen molar-refractivity contribution in [2.45, 2.75) is 26.8 Å². The molecule has 0 unspecified atom stereocenters. The molecule has 0 aliphatic carbocycles. The summed E-state index contributed by atoms with van der Waals surface area (Å²) < 4.78 is 0. The Balaban J connectivity index is 0. The van der Waals surface area contributed by atoms with Gasteiger partial charge in [0.1, 0.15) is 0 Å². The molecule has 1 aromatic rings. The quantitative estimate of drug-likeness (QED) is 0.717. The Kier molecular flexibility index (Phi) is 11.6. The van der Waals surface area contributed by atoms with Crippen molar-refractivity contribution in [3.63, 3.8) is 0 Å². The summed E-state index contributed by atoms with van der Waals surface area (Å²) in [6.07, 6.45) is 1.23. The van der Waals surface area contributed by atoms with Gasteiger partial charge in [0.15, 0.2) is 0 Å². The summed E-state index contributed by atoms with van der Waals surface area (Å²) in [5, 5.41) is 5.51. The molecule has 1 aliphatic rings. The number of nitrogens with one attached hydrogen (secondary N) is 1. The number of thiophene rings is 1. The number of hydrogen-bond donors (Lipinski definition) is 1. The summed E-state index contributed by atoms with van der Waals surface area (Å²) in [7, 11) is 0. The maximum absolute atomic E-state index is 3.33. The topological polar surface area (TPSA) is 12.0 Å². The van der Waals surface area contributed by atoms with Crippen LogP contribution in [0.2, 0.25) is 0 Å². The third kappa shape index (κ3) is 4.69. The second kappa shape index (κ2) is 9.32. The van der Waals surface area contributed by atoms with Crippen LogP contribution in [-0.4, -0.2) is 6.54 Å². The number of fused-ring (bicyclic) bond motifs is 1. The van der Waals surface area contributed by atoms with E-state index in [9.17, 15) is 0 Å². The second-order valence-corrected chi connectivity index (χ2v) is 3.30. The van der Waals surface area contributed by atoms with E-state index in [-0.39, 0.29) is 40.1 Å². The summed E-state index contributed by atoms with van der Waals surface area (Å²) in [5.41, 5.74) is 1.51. The molecule has 0 saturated heterocycles. The molecule has 3 heteroatoms. The van der Waals surface area contributed by atoms with Crippen molar-refractivity contribution in [3.05, 3.63) is 29.3 Å². The molecule has 0 bridgehead atoms. The van der Waals surface area contributed by atoms with Crippen molar-refractivity contribution in [2.75, 3.05) is 6.54 Å². The van der Waals surface area contributed by atoms with Crippen molar-refractivity contribution in [3.8, 4) is 0 Å². The zero-order valence-corrected chi connectivity index (χ0v) is 12.4. The van der Waals surface area contributed by atoms with Crippen LogP contribution in [0.25, 0.3) is 0 Å². The van der Waals surface area contributed by atoms with Crippen LogP contribution in [0.1, 0.15) is 24.3 Å². The molecular weight excluding hydrogens is 255 g/mol. The van der Waals surface area contributed by atoms with Crippen LogP contribution in [0.3, 0.4) is 0 Å². The van der Waals surface area contributed by atoms with E-state index in [1.807, 2.05) is 25.2 Å². The summed E-state index contributed by atoms with van der Waals surface area (Å²) in [6, 6.07) is 2.21. The molecule has 0 saturated carbocycles. The molecule has 0 fully saturated rings. The SMILES string of the molecule is CC.[CH3-].[Y].c1cc2c(s1)CCNC2. The predicted octanol–water partition coefficient (Wildman–Crippen LogP) is 2.87. The molecule has 2 heterocycles. The first-order chi connectivity index (χ1) is 5.47. The average Bonchev–Trinajstić information content (AvgIpc) is 2.55. The van der Waals surface area contributed by atoms with Crippen molar-refractivity contribution < 1.29 is 32.7 Å². The zero-order chi connectivity index (χ0) is 8.10. The van der Waals surface area contributed by atoms with E-state index < -0.39 is 0 Å². The molecule has 0 amide bonds. The minimum atomic E-state index is 0. The fraction of sp³-hybridized carbons (Fsp3) is 0.500. The van der Waals surface area contributed by atoms with Crippen LogP contribution in [0, 0.1) is 7.43 Å². The van der Waals surface area contributed by atoms with Gasteiger partial charge in [-0.25, -0.2) is 0 Å². The number of rotatable bonds is 0. The molecule has 1 N–H and O–H groups in total. The Morgan fingerprint density at radius 1 is 1.38 bits per heavy atom. The first kappa shape index (κ1) is 16.2. The second-order valence-electron chi connectivity index (χ2n) is 2.30. The largest absolute Gasteiger partial charge is 0.358 e. The van der Waals surface area contributed by atoms with Crippen molar-refractivity contribution >= 4 is 11.3 Å². The normalized spacial score (nSPS) is 12.5. The predicted molar refractivity (Wildman–Crippen MR) is 57.5 cm³/mol. The van der Waals surface area contributed by atoms with E-state index in [1.54, 1.807) is 4.88 Å². The standard InChI is InChI=1S/C7H9NS.C2H6.CH3.Y/c1-3-8-5-6-2-4-9-7(1)6;1-2;;/h2,4,8H,1,3,5H2;1-2H3;1H3;/q;;-1;. The van der Waals surface area contributed by atoms with Gasteiger partial charge in [0.2, 0.25) is 0 Å². The van der Waals surface area contributed by atoms with E-state index in [4.69, 9.17) is 0 Å². The molecule has 73 valence electrons. The van der Waals surface area contributed by atoms with Gasteiger partial charge in [-0.15, -0.1) is 11.3 Å². The third-order valence-electron chi connectivity index (χ3n) is 1.68. The molecule has 1 nitrogen and oxygen atoms in total. The number of hydrogen-bond acceptors (Lipinski definition) is 2. The Hall–Kier alpha value is 0.764. The van der Waals surface area contributed by atoms with Gasteiger partial charge in [-0.05, 0) is 23.4 Å². The van der Waals surface area contributed by atoms with Crippen molar-refractivity contribution in [1.82, 2.24) is 5.32 Å². The van der Waals surface area contributed by atoms with Crippen molar-refractivity contribution in [2.24, 2.45) is 0 Å². The van der Waals surface area contributed by atoms with E-state index in [0.717, 1.165) is 13.1 Å². The summed E-state index contributed by atoms with van der Waals surface area (Å²) in [4.78, 5) is 1.58. The van der Waals surface area contributed by atoms with Gasteiger partial charge in [-0.1, -0.05) is 13.8 Å². The monoisotopic (exact) mass is 273 g/mol. The van der Waals surface area contributed by atoms with E-state index in [1.165, 1.54) is 12.0 Å². The fourth-order valence-electron chi connectivity index (χ4n) is 1.17. The van der Waals surface area contributed by atoms with Crippen molar-refractivity contribution in [1.29, 1.82) is 0 Å². The molecule has 0 atom stereocenters. The van der Waals surface area contributed by atoms with Crippen LogP contribution in [0.15, 0.2) is 11.4 Å². The van der Waals surface area contributed by atoms with E-state index >= 15 is 0 Å². The Morgan fingerprint density at radius 3 is 2.69 bits per heavy atom. The first-order valence-corrected chi connectivity index (χ1v) is 5.11. The maximum atomic E-state index is 3.33. The van der Waals surface area contributed by atoms with Gasteiger partial charge in [0, 0.05) is 50.7 Å². The minimum absolute atomic E-state index is 0. The van der Waals surface area contributed by atoms with Gasteiger partial charge in [-0.2, -0.15) is 0 Å². The Bertz CT molecular complexity index is 190. The molecule has 2 rings (SSSR count). The molecular formula is C10H18NSY-. The Morgan fingerprint density at radius 2 is 2.08 bits per heavy atom. The first-order valence-electron chi connectivity index (χ1n) is 4.23. The Labute approximate surface area is 111 Å². The molecule has 0 aromatic carbocycles. The summed E-state index contributed by atoms with van der Waals surface area (Å²) in [6.45, 7) is 6.24. The average molecular weight is 273 g/mol. The molecule has 13 heavy (non-hydrogen) atoms. The zero-order valence-electron chi connectivity index (χ0n) is 8.76. The smallest absolute Gasteiger partial charge is 0.0216 e. The van der Waals surface area contributed by atoms with Crippen LogP contribution in [-0.2, 0) is 45.7 Å². The van der Waals surface area contributed by atoms with Gasteiger partial charge >= 0.3 is 0 Å². The third-order valence-corrected chi connectivity index (χ3v) is 2.70. The van der Waals surface area contributed by atoms with Gasteiger partial charge in [0.25, 0.3) is 0 Å². The van der Waals surface area contributed by atoms with Crippen LogP contribution < -0.4 is 5.32 Å². The van der Waals surface area contributed by atoms with Crippen LogP contribution in [0.5, 0.6) is 0 Å². The van der Waals surface area contributed by atoms with E-state index in [2.05, 4.69) is 16.8 Å². The minimum Gasteiger partial charge on any atom is -0.358 e. The van der Waals surface area contributed by atoms with Crippen LogP contribution >= 0.6 is 11.3 Å².